The van der Waals surface area contributed by atoms with Gasteiger partial charge in [-0.3, -0.25) is 9.59 Å². The van der Waals surface area contributed by atoms with Gasteiger partial charge in [-0.1, -0.05) is 25.2 Å². The van der Waals surface area contributed by atoms with Crippen molar-refractivity contribution in [2.75, 3.05) is 31.0 Å². The molecule has 1 N–H and O–H groups in total. The molecule has 1 saturated heterocycles. The normalized spacial score (nSPS) is 16.4. The molecular weight excluding hydrogens is 392 g/mol. The van der Waals surface area contributed by atoms with Gasteiger partial charge in [-0.2, -0.15) is 0 Å². The number of nitrogens with one attached hydrogen (secondary N) is 1. The highest BCUT2D eigenvalue weighted by Crippen LogP contribution is 2.36. The van der Waals surface area contributed by atoms with E-state index in [9.17, 15) is 9.59 Å². The van der Waals surface area contributed by atoms with Gasteiger partial charge < -0.3 is 19.7 Å². The summed E-state index contributed by atoms with van der Waals surface area (Å²) in [7, 11) is 3.11. The summed E-state index contributed by atoms with van der Waals surface area (Å²) in [6.07, 6.45) is 2.09. The summed E-state index contributed by atoms with van der Waals surface area (Å²) in [6, 6.07) is 5.25. The summed E-state index contributed by atoms with van der Waals surface area (Å²) in [6.45, 7) is 4.49. The van der Waals surface area contributed by atoms with Crippen LogP contribution in [0.15, 0.2) is 18.2 Å². The number of carbonyl (C=O) groups excluding carboxylic acids is 2. The Morgan fingerprint density at radius 1 is 1.28 bits per heavy atom. The summed E-state index contributed by atoms with van der Waals surface area (Å²) in [5.74, 6) is 0.686. The third-order valence-electron chi connectivity index (χ3n) is 5.18. The molecule has 1 aromatic heterocycles. The van der Waals surface area contributed by atoms with Crippen LogP contribution in [0.2, 0.25) is 0 Å². The van der Waals surface area contributed by atoms with Gasteiger partial charge in [0.25, 0.3) is 0 Å². The van der Waals surface area contributed by atoms with Crippen LogP contribution in [0.25, 0.3) is 0 Å². The topological polar surface area (TPSA) is 93.7 Å². The van der Waals surface area contributed by atoms with Gasteiger partial charge in [0.1, 0.15) is 16.5 Å². The maximum atomic E-state index is 12.7. The first-order valence-electron chi connectivity index (χ1n) is 9.67. The molecule has 1 aromatic carbocycles. The molecule has 2 heterocycles. The molecule has 1 aliphatic rings. The second-order valence-corrected chi connectivity index (χ2v) is 7.90. The zero-order valence-electron chi connectivity index (χ0n) is 17.1. The SMILES string of the molecule is CCC(CC)c1nnc(NC(=O)[C@H]2CC(=O)N(c3cc(OC)ccc3OC)C2)s1. The first-order chi connectivity index (χ1) is 14.0. The molecule has 2 aromatic rings. The standard InChI is InChI=1S/C20H26N4O4S/c1-5-12(6-2)19-22-23-20(29-19)21-18(26)13-9-17(25)24(11-13)15-10-14(27-3)7-8-16(15)28-4/h7-8,10,12-13H,5-6,9,11H2,1-4H3,(H,21,23,26)/t13-/m0/s1. The van der Waals surface area contributed by atoms with Crippen LogP contribution in [0.3, 0.4) is 0 Å². The van der Waals surface area contributed by atoms with E-state index >= 15 is 0 Å². The zero-order chi connectivity index (χ0) is 21.0. The lowest BCUT2D eigenvalue weighted by Crippen LogP contribution is -2.28. The summed E-state index contributed by atoms with van der Waals surface area (Å²) < 4.78 is 10.6. The number of aromatic nitrogens is 2. The Labute approximate surface area is 174 Å². The third-order valence-corrected chi connectivity index (χ3v) is 6.18. The van der Waals surface area contributed by atoms with Crippen molar-refractivity contribution in [1.29, 1.82) is 0 Å². The molecule has 1 fully saturated rings. The predicted molar refractivity (Wildman–Crippen MR) is 112 cm³/mol. The van der Waals surface area contributed by atoms with Crippen molar-refractivity contribution in [2.24, 2.45) is 5.92 Å². The van der Waals surface area contributed by atoms with Crippen LogP contribution in [0.5, 0.6) is 11.5 Å². The van der Waals surface area contributed by atoms with Gasteiger partial charge in [0.2, 0.25) is 16.9 Å². The number of methoxy groups -OCH3 is 2. The van der Waals surface area contributed by atoms with Gasteiger partial charge in [-0.15, -0.1) is 10.2 Å². The lowest BCUT2D eigenvalue weighted by Gasteiger charge is -2.20. The minimum Gasteiger partial charge on any atom is -0.497 e. The van der Waals surface area contributed by atoms with Crippen LogP contribution >= 0.6 is 11.3 Å². The molecule has 0 spiro atoms. The Morgan fingerprint density at radius 2 is 2.03 bits per heavy atom. The molecule has 156 valence electrons. The molecular formula is C20H26N4O4S. The Kier molecular flexibility index (Phi) is 6.68. The summed E-state index contributed by atoms with van der Waals surface area (Å²) in [5, 5.41) is 12.5. The Morgan fingerprint density at radius 3 is 2.69 bits per heavy atom. The summed E-state index contributed by atoms with van der Waals surface area (Å²) in [5.41, 5.74) is 0.596. The van der Waals surface area contributed by atoms with Crippen molar-refractivity contribution in [2.45, 2.75) is 39.0 Å². The number of hydrogen-bond donors (Lipinski definition) is 1. The minimum atomic E-state index is -0.473. The highest BCUT2D eigenvalue weighted by atomic mass is 32.1. The van der Waals surface area contributed by atoms with Gasteiger partial charge in [0.05, 0.1) is 25.8 Å². The highest BCUT2D eigenvalue weighted by Gasteiger charge is 2.37. The Hall–Kier alpha value is -2.68. The first kappa shape index (κ1) is 21.0. The molecule has 1 atom stereocenters. The molecule has 0 aliphatic carbocycles. The van der Waals surface area contributed by atoms with Gasteiger partial charge in [0, 0.05) is 24.9 Å². The number of benzene rings is 1. The predicted octanol–water partition coefficient (Wildman–Crippen LogP) is 3.45. The monoisotopic (exact) mass is 418 g/mol. The van der Waals surface area contributed by atoms with Crippen LogP contribution in [0, 0.1) is 5.92 Å². The van der Waals surface area contributed by atoms with Crippen LogP contribution in [0.4, 0.5) is 10.8 Å². The fourth-order valence-corrected chi connectivity index (χ4v) is 4.43. The maximum absolute atomic E-state index is 12.7. The number of rotatable bonds is 8. The number of carbonyl (C=O) groups is 2. The molecule has 9 heteroatoms. The third kappa shape index (κ3) is 4.50. The van der Waals surface area contributed by atoms with Crippen molar-refractivity contribution in [1.82, 2.24) is 10.2 Å². The van der Waals surface area contributed by atoms with Gasteiger partial charge in [-0.25, -0.2) is 0 Å². The molecule has 8 nitrogen and oxygen atoms in total. The van der Waals surface area contributed by atoms with Crippen molar-refractivity contribution in [3.63, 3.8) is 0 Å². The Bertz CT molecular complexity index is 881. The quantitative estimate of drug-likeness (QED) is 0.706. The van der Waals surface area contributed by atoms with Crippen LogP contribution in [-0.2, 0) is 9.59 Å². The smallest absolute Gasteiger partial charge is 0.231 e. The lowest BCUT2D eigenvalue weighted by molar-refractivity contribution is -0.122. The van der Waals surface area contributed by atoms with E-state index in [1.807, 2.05) is 0 Å². The molecule has 2 amide bonds. The number of amides is 2. The van der Waals surface area contributed by atoms with Gasteiger partial charge in [0.15, 0.2) is 0 Å². The summed E-state index contributed by atoms with van der Waals surface area (Å²) in [4.78, 5) is 26.9. The number of anilines is 2. The van der Waals surface area contributed by atoms with E-state index in [-0.39, 0.29) is 24.8 Å². The van der Waals surface area contributed by atoms with E-state index in [0.717, 1.165) is 17.8 Å². The van der Waals surface area contributed by atoms with Crippen molar-refractivity contribution >= 4 is 34.0 Å². The molecule has 0 bridgehead atoms. The van der Waals surface area contributed by atoms with Gasteiger partial charge >= 0.3 is 0 Å². The highest BCUT2D eigenvalue weighted by molar-refractivity contribution is 7.15. The van der Waals surface area contributed by atoms with Crippen LogP contribution < -0.4 is 19.7 Å². The number of hydrogen-bond acceptors (Lipinski definition) is 7. The fourth-order valence-electron chi connectivity index (χ4n) is 3.42. The van der Waals surface area contributed by atoms with Crippen molar-refractivity contribution in [3.8, 4) is 11.5 Å². The van der Waals surface area contributed by atoms with Crippen LogP contribution in [0.1, 0.15) is 44.0 Å². The molecule has 1 aliphatic heterocycles. The van der Waals surface area contributed by atoms with Gasteiger partial charge in [-0.05, 0) is 25.0 Å². The number of ether oxygens (including phenoxy) is 2. The minimum absolute atomic E-state index is 0.129. The average Bonchev–Trinajstić information content (AvgIpc) is 3.35. The molecule has 3 rings (SSSR count). The molecule has 29 heavy (non-hydrogen) atoms. The van der Waals surface area contributed by atoms with Crippen molar-refractivity contribution < 1.29 is 19.1 Å². The maximum Gasteiger partial charge on any atom is 0.231 e. The lowest BCUT2D eigenvalue weighted by atomic mass is 10.1. The van der Waals surface area contributed by atoms with Crippen LogP contribution in [-0.4, -0.2) is 42.8 Å². The molecule has 0 saturated carbocycles. The van der Waals surface area contributed by atoms with E-state index in [4.69, 9.17) is 9.47 Å². The van der Waals surface area contributed by atoms with E-state index < -0.39 is 5.92 Å². The summed E-state index contributed by atoms with van der Waals surface area (Å²) >= 11 is 1.40. The average molecular weight is 419 g/mol. The largest absolute Gasteiger partial charge is 0.497 e. The van der Waals surface area contributed by atoms with E-state index in [1.54, 1.807) is 37.3 Å². The van der Waals surface area contributed by atoms with E-state index in [1.165, 1.54) is 11.3 Å². The second-order valence-electron chi connectivity index (χ2n) is 6.89. The number of nitrogens with zero attached hydrogens (tertiary/aromatic N) is 3. The van der Waals surface area contributed by atoms with Crippen molar-refractivity contribution in [3.05, 3.63) is 23.2 Å². The first-order valence-corrected chi connectivity index (χ1v) is 10.5. The Balaban J connectivity index is 1.71. The zero-order valence-corrected chi connectivity index (χ0v) is 17.9. The second kappa shape index (κ2) is 9.21. The molecule has 0 unspecified atom stereocenters. The van der Waals surface area contributed by atoms with E-state index in [2.05, 4.69) is 29.4 Å². The fraction of sp³-hybridized carbons (Fsp3) is 0.500. The van der Waals surface area contributed by atoms with E-state index in [0.29, 0.717) is 28.2 Å². The molecule has 0 radical (unpaired) electrons.